The Morgan fingerprint density at radius 1 is 1.24 bits per heavy atom. The van der Waals surface area contributed by atoms with Crippen LogP contribution >= 0.6 is 0 Å². The Morgan fingerprint density at radius 3 is 2.62 bits per heavy atom. The van der Waals surface area contributed by atoms with Crippen molar-refractivity contribution in [3.05, 3.63) is 35.6 Å². The van der Waals surface area contributed by atoms with Crippen LogP contribution in [0.1, 0.15) is 51.1 Å². The van der Waals surface area contributed by atoms with Crippen LogP contribution < -0.4 is 5.32 Å². The fraction of sp³-hybridized carbons (Fsp3) is 0.667. The van der Waals surface area contributed by atoms with Gasteiger partial charge in [0, 0.05) is 24.7 Å². The number of hydrogen-bond acceptors (Lipinski definition) is 2. The maximum atomic E-state index is 14.1. The maximum absolute atomic E-state index is 14.1. The molecule has 1 aromatic carbocycles. The number of halogens is 1. The molecular formula is C18H29FN2. The normalized spacial score (nSPS) is 16.4. The Hall–Kier alpha value is -0.930. The van der Waals surface area contributed by atoms with E-state index in [1.165, 1.54) is 19.4 Å². The molecule has 0 aromatic heterocycles. The SMILES string of the molecule is CCCNC(CN(CCC)CC1CC1)c1ccccc1F. The first-order chi connectivity index (χ1) is 10.2. The third kappa shape index (κ3) is 5.40. The molecule has 1 aliphatic carbocycles. The molecule has 0 saturated heterocycles. The summed E-state index contributed by atoms with van der Waals surface area (Å²) in [6, 6.07) is 7.29. The molecule has 0 radical (unpaired) electrons. The molecule has 1 N–H and O–H groups in total. The van der Waals surface area contributed by atoms with Gasteiger partial charge in [-0.3, -0.25) is 0 Å². The molecule has 2 rings (SSSR count). The molecule has 0 heterocycles. The number of rotatable bonds is 10. The van der Waals surface area contributed by atoms with Gasteiger partial charge in [0.25, 0.3) is 0 Å². The standard InChI is InChI=1S/C18H29FN2/c1-3-11-20-18(16-7-5-6-8-17(16)19)14-21(12-4-2)13-15-9-10-15/h5-8,15,18,20H,3-4,9-14H2,1-2H3. The highest BCUT2D eigenvalue weighted by Gasteiger charge is 2.26. The van der Waals surface area contributed by atoms with Crippen molar-refractivity contribution in [2.45, 2.75) is 45.6 Å². The molecule has 0 spiro atoms. The van der Waals surface area contributed by atoms with E-state index in [0.717, 1.165) is 44.0 Å². The summed E-state index contributed by atoms with van der Waals surface area (Å²) in [5.74, 6) is 0.790. The molecule has 1 saturated carbocycles. The molecule has 1 unspecified atom stereocenters. The summed E-state index contributed by atoms with van der Waals surface area (Å²) in [6.45, 7) is 8.49. The van der Waals surface area contributed by atoms with Gasteiger partial charge in [-0.25, -0.2) is 4.39 Å². The van der Waals surface area contributed by atoms with Gasteiger partial charge in [0.05, 0.1) is 0 Å². The first-order valence-electron chi connectivity index (χ1n) is 8.44. The summed E-state index contributed by atoms with van der Waals surface area (Å²) in [7, 11) is 0. The second kappa shape index (κ2) is 8.50. The minimum absolute atomic E-state index is 0.0889. The van der Waals surface area contributed by atoms with Crippen LogP contribution in [0.2, 0.25) is 0 Å². The van der Waals surface area contributed by atoms with Gasteiger partial charge in [-0.1, -0.05) is 32.0 Å². The van der Waals surface area contributed by atoms with Crippen LogP contribution in [0.4, 0.5) is 4.39 Å². The fourth-order valence-corrected chi connectivity index (χ4v) is 2.85. The van der Waals surface area contributed by atoms with Crippen LogP contribution in [0.3, 0.4) is 0 Å². The van der Waals surface area contributed by atoms with Crippen molar-refractivity contribution in [3.63, 3.8) is 0 Å². The lowest BCUT2D eigenvalue weighted by molar-refractivity contribution is 0.232. The van der Waals surface area contributed by atoms with Crippen LogP contribution in [0.25, 0.3) is 0 Å². The predicted molar refractivity (Wildman–Crippen MR) is 86.9 cm³/mol. The van der Waals surface area contributed by atoms with Crippen molar-refractivity contribution in [1.29, 1.82) is 0 Å². The Labute approximate surface area is 128 Å². The van der Waals surface area contributed by atoms with E-state index in [0.29, 0.717) is 0 Å². The molecule has 1 aliphatic rings. The van der Waals surface area contributed by atoms with Gasteiger partial charge in [-0.15, -0.1) is 0 Å². The predicted octanol–water partition coefficient (Wildman–Crippen LogP) is 3.99. The third-order valence-electron chi connectivity index (χ3n) is 4.12. The van der Waals surface area contributed by atoms with Crippen LogP contribution in [0, 0.1) is 11.7 Å². The fourth-order valence-electron chi connectivity index (χ4n) is 2.85. The molecule has 3 heteroatoms. The van der Waals surface area contributed by atoms with Crippen molar-refractivity contribution >= 4 is 0 Å². The summed E-state index contributed by atoms with van der Waals surface area (Å²) < 4.78 is 14.1. The topological polar surface area (TPSA) is 15.3 Å². The third-order valence-corrected chi connectivity index (χ3v) is 4.12. The van der Waals surface area contributed by atoms with E-state index in [9.17, 15) is 4.39 Å². The maximum Gasteiger partial charge on any atom is 0.128 e. The molecule has 0 aliphatic heterocycles. The molecular weight excluding hydrogens is 263 g/mol. The summed E-state index contributed by atoms with van der Waals surface area (Å²) in [6.07, 6.45) is 4.96. The van der Waals surface area contributed by atoms with E-state index in [2.05, 4.69) is 24.1 Å². The Bertz CT molecular complexity index is 417. The highest BCUT2D eigenvalue weighted by Crippen LogP contribution is 2.30. The monoisotopic (exact) mass is 292 g/mol. The Balaban J connectivity index is 2.04. The molecule has 1 atom stereocenters. The Morgan fingerprint density at radius 2 is 2.00 bits per heavy atom. The molecule has 0 bridgehead atoms. The number of nitrogens with one attached hydrogen (secondary N) is 1. The van der Waals surface area contributed by atoms with Crippen molar-refractivity contribution in [3.8, 4) is 0 Å². The number of nitrogens with zero attached hydrogens (tertiary/aromatic N) is 1. The first-order valence-corrected chi connectivity index (χ1v) is 8.44. The van der Waals surface area contributed by atoms with E-state index in [4.69, 9.17) is 0 Å². The summed E-state index contributed by atoms with van der Waals surface area (Å²) in [4.78, 5) is 2.51. The summed E-state index contributed by atoms with van der Waals surface area (Å²) >= 11 is 0. The molecule has 1 aromatic rings. The largest absolute Gasteiger partial charge is 0.309 e. The highest BCUT2D eigenvalue weighted by molar-refractivity contribution is 5.21. The van der Waals surface area contributed by atoms with Gasteiger partial charge in [0.15, 0.2) is 0 Å². The van der Waals surface area contributed by atoms with Crippen LogP contribution in [-0.4, -0.2) is 31.1 Å². The zero-order chi connectivity index (χ0) is 15.1. The lowest BCUT2D eigenvalue weighted by atomic mass is 10.0. The van der Waals surface area contributed by atoms with Gasteiger partial charge in [-0.2, -0.15) is 0 Å². The van der Waals surface area contributed by atoms with Crippen molar-refractivity contribution in [2.75, 3.05) is 26.2 Å². The van der Waals surface area contributed by atoms with Gasteiger partial charge >= 0.3 is 0 Å². The van der Waals surface area contributed by atoms with E-state index in [1.54, 1.807) is 12.1 Å². The van der Waals surface area contributed by atoms with E-state index in [1.807, 2.05) is 12.1 Å². The van der Waals surface area contributed by atoms with Gasteiger partial charge < -0.3 is 10.2 Å². The first kappa shape index (κ1) is 16.4. The summed E-state index contributed by atoms with van der Waals surface area (Å²) in [5, 5.41) is 3.53. The van der Waals surface area contributed by atoms with E-state index >= 15 is 0 Å². The second-order valence-electron chi connectivity index (χ2n) is 6.23. The van der Waals surface area contributed by atoms with Crippen molar-refractivity contribution < 1.29 is 4.39 Å². The quantitative estimate of drug-likeness (QED) is 0.701. The van der Waals surface area contributed by atoms with Gasteiger partial charge in [0.1, 0.15) is 5.82 Å². The zero-order valence-corrected chi connectivity index (χ0v) is 13.4. The smallest absolute Gasteiger partial charge is 0.128 e. The lowest BCUT2D eigenvalue weighted by Crippen LogP contribution is -2.37. The summed E-state index contributed by atoms with van der Waals surface area (Å²) in [5.41, 5.74) is 0.808. The van der Waals surface area contributed by atoms with E-state index < -0.39 is 0 Å². The van der Waals surface area contributed by atoms with Gasteiger partial charge in [0.2, 0.25) is 0 Å². The van der Waals surface area contributed by atoms with Crippen LogP contribution in [0.5, 0.6) is 0 Å². The average Bonchev–Trinajstić information content (AvgIpc) is 3.28. The minimum Gasteiger partial charge on any atom is -0.309 e. The van der Waals surface area contributed by atoms with E-state index in [-0.39, 0.29) is 11.9 Å². The minimum atomic E-state index is -0.0889. The molecule has 0 amide bonds. The average molecular weight is 292 g/mol. The number of hydrogen-bond donors (Lipinski definition) is 1. The molecule has 2 nitrogen and oxygen atoms in total. The van der Waals surface area contributed by atoms with Crippen LogP contribution in [0.15, 0.2) is 24.3 Å². The Kier molecular flexibility index (Phi) is 6.65. The zero-order valence-electron chi connectivity index (χ0n) is 13.4. The van der Waals surface area contributed by atoms with Gasteiger partial charge in [-0.05, 0) is 50.8 Å². The highest BCUT2D eigenvalue weighted by atomic mass is 19.1. The van der Waals surface area contributed by atoms with Crippen molar-refractivity contribution in [2.24, 2.45) is 5.92 Å². The number of benzene rings is 1. The van der Waals surface area contributed by atoms with Crippen LogP contribution in [-0.2, 0) is 0 Å². The lowest BCUT2D eigenvalue weighted by Gasteiger charge is -2.28. The molecule has 21 heavy (non-hydrogen) atoms. The molecule has 1 fully saturated rings. The van der Waals surface area contributed by atoms with Crippen molar-refractivity contribution in [1.82, 2.24) is 10.2 Å². The second-order valence-corrected chi connectivity index (χ2v) is 6.23. The molecule has 118 valence electrons.